The molecule has 3 N–H and O–H groups in total. The summed E-state index contributed by atoms with van der Waals surface area (Å²) in [5, 5.41) is 33.3. The van der Waals surface area contributed by atoms with E-state index in [2.05, 4.69) is 24.4 Å². The van der Waals surface area contributed by atoms with Crippen molar-refractivity contribution in [1.29, 1.82) is 0 Å². The maximum Gasteiger partial charge on any atom is 0.269 e. The van der Waals surface area contributed by atoms with Crippen molar-refractivity contribution in [2.75, 3.05) is 6.61 Å². The number of allylic oxidation sites excluding steroid dienone is 2. The monoisotopic (exact) mass is 448 g/mol. The first-order valence-electron chi connectivity index (χ1n) is 12.0. The fraction of sp³-hybridized carbons (Fsp3) is 0.640. The molecule has 1 aromatic carbocycles. The third-order valence-electron chi connectivity index (χ3n) is 5.54. The molecule has 0 aliphatic rings. The Bertz CT molecular complexity index is 675. The number of benzene rings is 1. The molecule has 0 unspecified atom stereocenters. The molecule has 7 nitrogen and oxygen atoms in total. The van der Waals surface area contributed by atoms with Crippen LogP contribution in [0.15, 0.2) is 36.4 Å². The van der Waals surface area contributed by atoms with E-state index in [-0.39, 0.29) is 11.6 Å². The Kier molecular flexibility index (Phi) is 15.0. The number of aliphatic hydroxyl groups excluding tert-OH is 2. The van der Waals surface area contributed by atoms with Gasteiger partial charge in [0.1, 0.15) is 6.10 Å². The predicted molar refractivity (Wildman–Crippen MR) is 127 cm³/mol. The molecule has 0 aromatic heterocycles. The third kappa shape index (κ3) is 12.0. The van der Waals surface area contributed by atoms with Gasteiger partial charge in [-0.1, -0.05) is 57.6 Å². The number of carbonyl (C=O) groups excluding carboxylic acids is 1. The molecule has 0 aliphatic heterocycles. The molecule has 0 saturated carbocycles. The number of amides is 1. The number of nitrogens with zero attached hydrogens (tertiary/aromatic N) is 1. The van der Waals surface area contributed by atoms with Gasteiger partial charge in [-0.05, 0) is 49.8 Å². The molecule has 0 aliphatic carbocycles. The van der Waals surface area contributed by atoms with Crippen molar-refractivity contribution >= 4 is 11.6 Å². The molecule has 0 saturated heterocycles. The van der Waals surface area contributed by atoms with Gasteiger partial charge in [0.25, 0.3) is 5.69 Å². The summed E-state index contributed by atoms with van der Waals surface area (Å²) >= 11 is 0. The van der Waals surface area contributed by atoms with E-state index in [1.54, 1.807) is 0 Å². The van der Waals surface area contributed by atoms with Gasteiger partial charge in [-0.3, -0.25) is 14.9 Å². The molecule has 0 fully saturated rings. The lowest BCUT2D eigenvalue weighted by molar-refractivity contribution is -0.384. The zero-order valence-corrected chi connectivity index (χ0v) is 19.4. The number of rotatable bonds is 18. The molecule has 0 radical (unpaired) electrons. The average molecular weight is 449 g/mol. The van der Waals surface area contributed by atoms with E-state index in [1.807, 2.05) is 0 Å². The first kappa shape index (κ1) is 27.8. The number of nitro groups is 1. The van der Waals surface area contributed by atoms with E-state index in [0.29, 0.717) is 12.0 Å². The molecular formula is C25H40N2O5. The number of hydrogen-bond donors (Lipinski definition) is 3. The molecule has 2 atom stereocenters. The van der Waals surface area contributed by atoms with Crippen molar-refractivity contribution in [3.05, 3.63) is 52.1 Å². The Balaban J connectivity index is 2.16. The van der Waals surface area contributed by atoms with Gasteiger partial charge in [0.15, 0.2) is 0 Å². The molecule has 7 heteroatoms. The van der Waals surface area contributed by atoms with Crippen LogP contribution in [0.25, 0.3) is 0 Å². The second kappa shape index (κ2) is 17.3. The second-order valence-corrected chi connectivity index (χ2v) is 8.28. The number of non-ortho nitro benzene ring substituents is 1. The van der Waals surface area contributed by atoms with E-state index >= 15 is 0 Å². The number of unbranched alkanes of at least 4 members (excludes halogenated alkanes) is 9. The fourth-order valence-corrected chi connectivity index (χ4v) is 3.53. The molecular weight excluding hydrogens is 408 g/mol. The van der Waals surface area contributed by atoms with Gasteiger partial charge < -0.3 is 15.5 Å². The molecule has 1 aromatic rings. The lowest BCUT2D eigenvalue weighted by atomic mass is 10.0. The quantitative estimate of drug-likeness (QED) is 0.121. The lowest BCUT2D eigenvalue weighted by Crippen LogP contribution is -2.41. The minimum absolute atomic E-state index is 0.0797. The predicted octanol–water partition coefficient (Wildman–Crippen LogP) is 5.36. The van der Waals surface area contributed by atoms with Crippen LogP contribution < -0.4 is 5.32 Å². The van der Waals surface area contributed by atoms with Gasteiger partial charge >= 0.3 is 0 Å². The summed E-state index contributed by atoms with van der Waals surface area (Å²) in [5.74, 6) is -0.212. The van der Waals surface area contributed by atoms with Gasteiger partial charge in [0.05, 0.1) is 17.6 Å². The highest BCUT2D eigenvalue weighted by Crippen LogP contribution is 2.20. The molecule has 32 heavy (non-hydrogen) atoms. The summed E-state index contributed by atoms with van der Waals surface area (Å²) in [6, 6.07) is 4.59. The minimum Gasteiger partial charge on any atom is -0.394 e. The summed E-state index contributed by atoms with van der Waals surface area (Å²) in [4.78, 5) is 22.4. The molecule has 180 valence electrons. The fourth-order valence-electron chi connectivity index (χ4n) is 3.53. The number of carbonyl (C=O) groups is 1. The van der Waals surface area contributed by atoms with E-state index in [0.717, 1.165) is 32.1 Å². The maximum absolute atomic E-state index is 12.2. The van der Waals surface area contributed by atoms with Crippen LogP contribution in [-0.2, 0) is 4.79 Å². The second-order valence-electron chi connectivity index (χ2n) is 8.28. The Hall–Kier alpha value is -2.25. The van der Waals surface area contributed by atoms with Crippen molar-refractivity contribution in [1.82, 2.24) is 5.32 Å². The van der Waals surface area contributed by atoms with Crippen LogP contribution >= 0.6 is 0 Å². The standard InChI is InChI=1S/C25H40N2O5/c1-2-3-4-5-6-7-8-9-10-11-12-13-14-15-24(29)26-23(20-28)25(30)21-16-18-22(19-17-21)27(31)32/h7-8,16-19,23,25,28,30H,2-6,9-15,20H2,1H3,(H,26,29)/b8-7-/t23-,25+/m1/s1. The molecule has 1 rings (SSSR count). The Morgan fingerprint density at radius 2 is 1.56 bits per heavy atom. The van der Waals surface area contributed by atoms with Crippen molar-refractivity contribution in [2.24, 2.45) is 0 Å². The summed E-state index contributed by atoms with van der Waals surface area (Å²) in [6.07, 6.45) is 16.5. The first-order valence-corrected chi connectivity index (χ1v) is 12.0. The summed E-state index contributed by atoms with van der Waals surface area (Å²) in [5.41, 5.74) is 0.328. The van der Waals surface area contributed by atoms with Crippen LogP contribution in [0.3, 0.4) is 0 Å². The SMILES string of the molecule is CCCCCC/C=C\CCCCCCCC(=O)N[C@H](CO)[C@@H](O)c1ccc([N+](=O)[O-])cc1. The highest BCUT2D eigenvalue weighted by Gasteiger charge is 2.22. The van der Waals surface area contributed by atoms with Crippen LogP contribution in [0.1, 0.15) is 95.6 Å². The van der Waals surface area contributed by atoms with E-state index in [4.69, 9.17) is 0 Å². The Morgan fingerprint density at radius 1 is 1.00 bits per heavy atom. The van der Waals surface area contributed by atoms with Crippen LogP contribution in [-0.4, -0.2) is 33.7 Å². The minimum atomic E-state index is -1.13. The van der Waals surface area contributed by atoms with Crippen molar-refractivity contribution in [2.45, 2.75) is 96.1 Å². The smallest absolute Gasteiger partial charge is 0.269 e. The van der Waals surface area contributed by atoms with Crippen molar-refractivity contribution in [3.63, 3.8) is 0 Å². The number of hydrogen-bond acceptors (Lipinski definition) is 5. The maximum atomic E-state index is 12.2. The largest absolute Gasteiger partial charge is 0.394 e. The summed E-state index contributed by atoms with van der Waals surface area (Å²) in [7, 11) is 0. The molecule has 0 heterocycles. The molecule has 0 bridgehead atoms. The molecule has 0 spiro atoms. The first-order chi connectivity index (χ1) is 15.5. The van der Waals surface area contributed by atoms with E-state index in [1.165, 1.54) is 62.8 Å². The van der Waals surface area contributed by atoms with Gasteiger partial charge in [-0.25, -0.2) is 0 Å². The van der Waals surface area contributed by atoms with Gasteiger partial charge in [-0.15, -0.1) is 0 Å². The number of nitro benzene ring substituents is 1. The summed E-state index contributed by atoms with van der Waals surface area (Å²) < 4.78 is 0. The zero-order valence-electron chi connectivity index (χ0n) is 19.4. The van der Waals surface area contributed by atoms with Crippen LogP contribution in [0.5, 0.6) is 0 Å². The van der Waals surface area contributed by atoms with Crippen LogP contribution in [0, 0.1) is 10.1 Å². The normalized spacial score (nSPS) is 13.2. The highest BCUT2D eigenvalue weighted by molar-refractivity contribution is 5.76. The average Bonchev–Trinajstić information content (AvgIpc) is 2.80. The number of nitrogens with one attached hydrogen (secondary N) is 1. The topological polar surface area (TPSA) is 113 Å². The zero-order chi connectivity index (χ0) is 23.6. The highest BCUT2D eigenvalue weighted by atomic mass is 16.6. The number of aliphatic hydroxyl groups is 2. The Morgan fingerprint density at radius 3 is 2.12 bits per heavy atom. The van der Waals surface area contributed by atoms with E-state index < -0.39 is 23.7 Å². The third-order valence-corrected chi connectivity index (χ3v) is 5.54. The van der Waals surface area contributed by atoms with E-state index in [9.17, 15) is 25.1 Å². The van der Waals surface area contributed by atoms with Crippen molar-refractivity contribution < 1.29 is 19.9 Å². The lowest BCUT2D eigenvalue weighted by Gasteiger charge is -2.22. The van der Waals surface area contributed by atoms with Gasteiger partial charge in [0, 0.05) is 18.6 Å². The molecule has 1 amide bonds. The van der Waals surface area contributed by atoms with Gasteiger partial charge in [-0.2, -0.15) is 0 Å². The van der Waals surface area contributed by atoms with Crippen molar-refractivity contribution in [3.8, 4) is 0 Å². The van der Waals surface area contributed by atoms with Crippen LogP contribution in [0.2, 0.25) is 0 Å². The van der Waals surface area contributed by atoms with Gasteiger partial charge in [0.2, 0.25) is 5.91 Å². The summed E-state index contributed by atoms with van der Waals surface area (Å²) in [6.45, 7) is 1.80. The van der Waals surface area contributed by atoms with Crippen LogP contribution in [0.4, 0.5) is 5.69 Å². The Labute approximate surface area is 192 Å².